The molecule has 1 unspecified atom stereocenters. The van der Waals surface area contributed by atoms with Gasteiger partial charge in [-0.25, -0.2) is 4.79 Å². The third kappa shape index (κ3) is 11.1. The molecule has 0 saturated carbocycles. The molecule has 36 heavy (non-hydrogen) atoms. The SMILES string of the molecule is CCCC(C)OC(=O)OCCN[C@@H](Cc1ccc(OC(=O)C(C)C)c(OC(=O)C(C)C)c1)C(=O)OC. The molecule has 0 bridgehead atoms. The van der Waals surface area contributed by atoms with Crippen LogP contribution in [0.4, 0.5) is 4.79 Å². The molecule has 0 heterocycles. The van der Waals surface area contributed by atoms with Gasteiger partial charge in [0.1, 0.15) is 18.8 Å². The van der Waals surface area contributed by atoms with E-state index in [1.807, 2.05) is 6.92 Å². The number of methoxy groups -OCH3 is 1. The summed E-state index contributed by atoms with van der Waals surface area (Å²) >= 11 is 0. The molecule has 0 saturated heterocycles. The second-order valence-electron chi connectivity index (χ2n) is 8.98. The highest BCUT2D eigenvalue weighted by molar-refractivity contribution is 5.78. The minimum atomic E-state index is -0.772. The lowest BCUT2D eigenvalue weighted by Crippen LogP contribution is -2.41. The van der Waals surface area contributed by atoms with Crippen LogP contribution in [0.2, 0.25) is 0 Å². The molecule has 1 aromatic rings. The molecule has 0 amide bonds. The van der Waals surface area contributed by atoms with Crippen LogP contribution in [0.25, 0.3) is 0 Å². The fourth-order valence-corrected chi connectivity index (χ4v) is 2.94. The summed E-state index contributed by atoms with van der Waals surface area (Å²) in [4.78, 5) is 48.4. The van der Waals surface area contributed by atoms with E-state index < -0.39 is 36.0 Å². The standard InChI is InChI=1S/C26H39NO9/c1-8-9-18(6)34-26(31)33-13-12-27-20(25(30)32-7)14-19-10-11-21(35-23(28)16(2)3)22(15-19)36-24(29)17(4)5/h10-11,15-18,20,27H,8-9,12-14H2,1-7H3/t18?,20-/m0/s1. The highest BCUT2D eigenvalue weighted by atomic mass is 16.7. The second-order valence-corrected chi connectivity index (χ2v) is 8.98. The van der Waals surface area contributed by atoms with Crippen molar-refractivity contribution in [2.45, 2.75) is 73.0 Å². The first-order valence-corrected chi connectivity index (χ1v) is 12.2. The van der Waals surface area contributed by atoms with Crippen LogP contribution in [0.1, 0.15) is 59.9 Å². The number of carbonyl (C=O) groups excluding carboxylic acids is 4. The van der Waals surface area contributed by atoms with Gasteiger partial charge >= 0.3 is 24.1 Å². The van der Waals surface area contributed by atoms with E-state index in [0.717, 1.165) is 12.8 Å². The third-order valence-corrected chi connectivity index (χ3v) is 5.00. The van der Waals surface area contributed by atoms with E-state index in [1.54, 1.807) is 46.8 Å². The Morgan fingerprint density at radius 2 is 1.50 bits per heavy atom. The van der Waals surface area contributed by atoms with E-state index in [1.165, 1.54) is 13.2 Å². The zero-order chi connectivity index (χ0) is 27.3. The van der Waals surface area contributed by atoms with E-state index in [9.17, 15) is 19.2 Å². The summed E-state index contributed by atoms with van der Waals surface area (Å²) in [5.41, 5.74) is 0.627. The molecule has 10 nitrogen and oxygen atoms in total. The van der Waals surface area contributed by atoms with Crippen LogP contribution < -0.4 is 14.8 Å². The Morgan fingerprint density at radius 3 is 2.06 bits per heavy atom. The van der Waals surface area contributed by atoms with Gasteiger partial charge in [0, 0.05) is 6.54 Å². The van der Waals surface area contributed by atoms with Crippen LogP contribution in [0.15, 0.2) is 18.2 Å². The van der Waals surface area contributed by atoms with Crippen molar-refractivity contribution >= 4 is 24.1 Å². The Hall–Kier alpha value is -3.14. The maximum Gasteiger partial charge on any atom is 0.508 e. The molecular formula is C26H39NO9. The molecular weight excluding hydrogens is 470 g/mol. The van der Waals surface area contributed by atoms with Crippen LogP contribution >= 0.6 is 0 Å². The maximum absolute atomic E-state index is 12.3. The largest absolute Gasteiger partial charge is 0.508 e. The monoisotopic (exact) mass is 509 g/mol. The minimum absolute atomic E-state index is 0.00743. The lowest BCUT2D eigenvalue weighted by atomic mass is 10.0. The average molecular weight is 510 g/mol. The number of benzene rings is 1. The fraction of sp³-hybridized carbons (Fsp3) is 0.615. The van der Waals surface area contributed by atoms with Crippen LogP contribution in [-0.2, 0) is 35.0 Å². The van der Waals surface area contributed by atoms with Crippen molar-refractivity contribution in [3.63, 3.8) is 0 Å². The Kier molecular flexibility index (Phi) is 13.5. The Labute approximate surface area is 212 Å². The molecule has 2 atom stereocenters. The minimum Gasteiger partial charge on any atom is -0.468 e. The van der Waals surface area contributed by atoms with Crippen molar-refractivity contribution in [1.29, 1.82) is 0 Å². The van der Waals surface area contributed by atoms with Gasteiger partial charge in [-0.05, 0) is 37.5 Å². The number of hydrogen-bond donors (Lipinski definition) is 1. The number of nitrogens with one attached hydrogen (secondary N) is 1. The van der Waals surface area contributed by atoms with Gasteiger partial charge in [-0.1, -0.05) is 47.1 Å². The molecule has 10 heteroatoms. The predicted molar refractivity (Wildman–Crippen MR) is 132 cm³/mol. The molecule has 0 fully saturated rings. The van der Waals surface area contributed by atoms with E-state index in [4.69, 9.17) is 23.7 Å². The molecule has 202 valence electrons. The van der Waals surface area contributed by atoms with Crippen molar-refractivity contribution in [3.05, 3.63) is 23.8 Å². The van der Waals surface area contributed by atoms with Gasteiger partial charge in [-0.15, -0.1) is 0 Å². The van der Waals surface area contributed by atoms with E-state index in [2.05, 4.69) is 5.32 Å². The summed E-state index contributed by atoms with van der Waals surface area (Å²) in [6.07, 6.45) is 0.795. The molecule has 0 aliphatic carbocycles. The topological polar surface area (TPSA) is 126 Å². The smallest absolute Gasteiger partial charge is 0.468 e. The molecule has 0 spiro atoms. The summed E-state index contributed by atoms with van der Waals surface area (Å²) < 4.78 is 25.9. The zero-order valence-electron chi connectivity index (χ0n) is 22.3. The molecule has 0 aliphatic heterocycles. The number of ether oxygens (including phenoxy) is 5. The van der Waals surface area contributed by atoms with Crippen molar-refractivity contribution < 1.29 is 42.9 Å². The first-order valence-electron chi connectivity index (χ1n) is 12.2. The summed E-state index contributed by atoms with van der Waals surface area (Å²) in [7, 11) is 1.27. The summed E-state index contributed by atoms with van der Waals surface area (Å²) in [6, 6.07) is 3.95. The van der Waals surface area contributed by atoms with Gasteiger partial charge in [0.2, 0.25) is 0 Å². The Morgan fingerprint density at radius 1 is 0.889 bits per heavy atom. The first-order chi connectivity index (χ1) is 17.0. The summed E-state index contributed by atoms with van der Waals surface area (Å²) in [5.74, 6) is -2.07. The van der Waals surface area contributed by atoms with Crippen LogP contribution in [0.3, 0.4) is 0 Å². The van der Waals surface area contributed by atoms with Gasteiger partial charge < -0.3 is 29.0 Å². The average Bonchev–Trinajstić information content (AvgIpc) is 2.81. The number of rotatable bonds is 14. The highest BCUT2D eigenvalue weighted by Gasteiger charge is 2.22. The van der Waals surface area contributed by atoms with Crippen LogP contribution in [-0.4, -0.2) is 56.5 Å². The maximum atomic E-state index is 12.3. The van der Waals surface area contributed by atoms with E-state index in [-0.39, 0.29) is 43.1 Å². The normalized spacial score (nSPS) is 12.6. The summed E-state index contributed by atoms with van der Waals surface area (Å²) in [5, 5.41) is 2.99. The molecule has 0 aliphatic rings. The lowest BCUT2D eigenvalue weighted by molar-refractivity contribution is -0.143. The third-order valence-electron chi connectivity index (χ3n) is 5.00. The predicted octanol–water partition coefficient (Wildman–Crippen LogP) is 3.82. The van der Waals surface area contributed by atoms with Crippen molar-refractivity contribution in [2.24, 2.45) is 11.8 Å². The summed E-state index contributed by atoms with van der Waals surface area (Å²) in [6.45, 7) is 10.7. The van der Waals surface area contributed by atoms with Gasteiger partial charge in [0.25, 0.3) is 0 Å². The fourth-order valence-electron chi connectivity index (χ4n) is 2.94. The highest BCUT2D eigenvalue weighted by Crippen LogP contribution is 2.30. The van der Waals surface area contributed by atoms with Crippen molar-refractivity contribution in [2.75, 3.05) is 20.3 Å². The van der Waals surface area contributed by atoms with Gasteiger partial charge in [-0.2, -0.15) is 0 Å². The van der Waals surface area contributed by atoms with Crippen LogP contribution in [0, 0.1) is 11.8 Å². The van der Waals surface area contributed by atoms with Crippen LogP contribution in [0.5, 0.6) is 11.5 Å². The molecule has 1 N–H and O–H groups in total. The van der Waals surface area contributed by atoms with Crippen molar-refractivity contribution in [3.8, 4) is 11.5 Å². The molecule has 0 aromatic heterocycles. The quantitative estimate of drug-likeness (QED) is 0.225. The van der Waals surface area contributed by atoms with Crippen molar-refractivity contribution in [1.82, 2.24) is 5.32 Å². The second kappa shape index (κ2) is 15.8. The van der Waals surface area contributed by atoms with Gasteiger partial charge in [0.15, 0.2) is 11.5 Å². The number of esters is 3. The van der Waals surface area contributed by atoms with Gasteiger partial charge in [-0.3, -0.25) is 14.4 Å². The first kappa shape index (κ1) is 30.9. The Balaban J connectivity index is 2.90. The van der Waals surface area contributed by atoms with Gasteiger partial charge in [0.05, 0.1) is 18.9 Å². The molecule has 1 aromatic carbocycles. The molecule has 0 radical (unpaired) electrons. The number of hydrogen-bond acceptors (Lipinski definition) is 10. The van der Waals surface area contributed by atoms with E-state index >= 15 is 0 Å². The number of carbonyl (C=O) groups is 4. The Bertz CT molecular complexity index is 882. The lowest BCUT2D eigenvalue weighted by Gasteiger charge is -2.18. The molecule has 1 rings (SSSR count). The zero-order valence-corrected chi connectivity index (χ0v) is 22.3. The van der Waals surface area contributed by atoms with E-state index in [0.29, 0.717) is 5.56 Å².